The highest BCUT2D eigenvalue weighted by molar-refractivity contribution is 5.93. The van der Waals surface area contributed by atoms with Crippen molar-refractivity contribution in [3.05, 3.63) is 29.1 Å². The van der Waals surface area contributed by atoms with Crippen LogP contribution in [0.5, 0.6) is 0 Å². The normalized spacial score (nSPS) is 30.9. The average Bonchev–Trinajstić information content (AvgIpc) is 2.91. The van der Waals surface area contributed by atoms with Crippen LogP contribution in [0.1, 0.15) is 47.3 Å². The van der Waals surface area contributed by atoms with Crippen LogP contribution in [-0.2, 0) is 17.7 Å². The van der Waals surface area contributed by atoms with Gasteiger partial charge < -0.3 is 4.74 Å². The van der Waals surface area contributed by atoms with Crippen molar-refractivity contribution in [2.45, 2.75) is 56.9 Å². The minimum atomic E-state index is -0.501. The average molecular weight is 303 g/mol. The summed E-state index contributed by atoms with van der Waals surface area (Å²) >= 11 is 0. The number of carbonyl (C=O) groups is 1. The first kappa shape index (κ1) is 14.1. The third-order valence-corrected chi connectivity index (χ3v) is 5.23. The van der Waals surface area contributed by atoms with Gasteiger partial charge in [0, 0.05) is 25.3 Å². The van der Waals surface area contributed by atoms with Gasteiger partial charge in [0.15, 0.2) is 0 Å². The number of pyridine rings is 1. The summed E-state index contributed by atoms with van der Waals surface area (Å²) in [6.45, 7) is 1.85. The van der Waals surface area contributed by atoms with Gasteiger partial charge in [-0.05, 0) is 43.7 Å². The van der Waals surface area contributed by atoms with Crippen LogP contribution in [0.2, 0.25) is 0 Å². The molecule has 2 unspecified atom stereocenters. The second kappa shape index (κ2) is 5.61. The number of ether oxygens (including phenoxy) is 1. The highest BCUT2D eigenvalue weighted by Gasteiger charge is 2.38. The predicted molar refractivity (Wildman–Crippen MR) is 78.5 cm³/mol. The van der Waals surface area contributed by atoms with Crippen molar-refractivity contribution in [2.24, 2.45) is 0 Å². The molecule has 2 N–H and O–H groups in total. The van der Waals surface area contributed by atoms with Crippen LogP contribution in [-0.4, -0.2) is 45.8 Å². The zero-order valence-corrected chi connectivity index (χ0v) is 12.5. The second-order valence-electron chi connectivity index (χ2n) is 6.57. The molecule has 0 saturated carbocycles. The van der Waals surface area contributed by atoms with Gasteiger partial charge >= 0.3 is 0 Å². The molecule has 1 aromatic rings. The van der Waals surface area contributed by atoms with Crippen molar-refractivity contribution in [3.8, 4) is 0 Å². The van der Waals surface area contributed by atoms with E-state index >= 15 is 0 Å². The van der Waals surface area contributed by atoms with Crippen molar-refractivity contribution in [2.75, 3.05) is 6.54 Å². The number of rotatable bonds is 2. The maximum Gasteiger partial charge on any atom is 0.276 e. The lowest BCUT2D eigenvalue weighted by Crippen LogP contribution is -2.45. The van der Waals surface area contributed by atoms with Gasteiger partial charge in [0.1, 0.15) is 0 Å². The van der Waals surface area contributed by atoms with Gasteiger partial charge in [-0.15, -0.1) is 0 Å². The Morgan fingerprint density at radius 3 is 2.86 bits per heavy atom. The lowest BCUT2D eigenvalue weighted by molar-refractivity contribution is -0.0395. The monoisotopic (exact) mass is 303 g/mol. The molecule has 0 radical (unpaired) electrons. The molecular formula is C16H21N3O3. The van der Waals surface area contributed by atoms with Crippen LogP contribution < -0.4 is 5.48 Å². The minimum Gasteiger partial charge on any atom is -0.375 e. The maximum atomic E-state index is 11.5. The molecule has 118 valence electrons. The Hall–Kier alpha value is -1.50. The van der Waals surface area contributed by atoms with Crippen molar-refractivity contribution < 1.29 is 14.7 Å². The van der Waals surface area contributed by atoms with E-state index in [1.165, 1.54) is 12.8 Å². The first-order valence-electron chi connectivity index (χ1n) is 8.04. The summed E-state index contributed by atoms with van der Waals surface area (Å²) in [6.07, 6.45) is 8.05. The molecule has 3 aliphatic heterocycles. The molecule has 4 heterocycles. The number of carbonyl (C=O) groups excluding carboxylic acids is 1. The molecule has 1 aromatic heterocycles. The Labute approximate surface area is 129 Å². The summed E-state index contributed by atoms with van der Waals surface area (Å²) in [5, 5.41) is 8.71. The molecule has 0 aromatic carbocycles. The van der Waals surface area contributed by atoms with E-state index in [0.29, 0.717) is 23.8 Å². The van der Waals surface area contributed by atoms with Gasteiger partial charge in [-0.3, -0.25) is 19.9 Å². The van der Waals surface area contributed by atoms with Gasteiger partial charge in [-0.1, -0.05) is 0 Å². The highest BCUT2D eigenvalue weighted by atomic mass is 16.5. The van der Waals surface area contributed by atoms with E-state index < -0.39 is 5.91 Å². The van der Waals surface area contributed by atoms with Crippen molar-refractivity contribution >= 4 is 5.91 Å². The Balaban J connectivity index is 1.49. The van der Waals surface area contributed by atoms with Crippen molar-refractivity contribution in [1.29, 1.82) is 0 Å². The molecule has 2 saturated heterocycles. The van der Waals surface area contributed by atoms with Crippen LogP contribution in [0.15, 0.2) is 12.3 Å². The number of nitrogens with one attached hydrogen (secondary N) is 1. The van der Waals surface area contributed by atoms with Gasteiger partial charge in [-0.2, -0.15) is 0 Å². The second-order valence-corrected chi connectivity index (χ2v) is 6.57. The summed E-state index contributed by atoms with van der Waals surface area (Å²) in [7, 11) is 0. The smallest absolute Gasteiger partial charge is 0.276 e. The maximum absolute atomic E-state index is 11.5. The van der Waals surface area contributed by atoms with E-state index in [0.717, 1.165) is 43.6 Å². The standard InChI is InChI=1S/C16H21N3O3/c20-16(18-21)11-5-10-3-4-19(9-15(10)17-8-11)12-6-13-1-2-14(7-12)22-13/h5,8,12-14,21H,1-4,6-7,9H2,(H,18,20). The topological polar surface area (TPSA) is 74.7 Å². The van der Waals surface area contributed by atoms with Crippen LogP contribution in [0.3, 0.4) is 0 Å². The molecule has 22 heavy (non-hydrogen) atoms. The van der Waals surface area contributed by atoms with Gasteiger partial charge in [0.05, 0.1) is 23.5 Å². The quantitative estimate of drug-likeness (QED) is 0.636. The molecule has 6 heteroatoms. The van der Waals surface area contributed by atoms with Crippen LogP contribution >= 0.6 is 0 Å². The van der Waals surface area contributed by atoms with E-state index in [4.69, 9.17) is 9.94 Å². The van der Waals surface area contributed by atoms with E-state index in [9.17, 15) is 4.79 Å². The summed E-state index contributed by atoms with van der Waals surface area (Å²) < 4.78 is 5.93. The van der Waals surface area contributed by atoms with Crippen LogP contribution in [0.4, 0.5) is 0 Å². The molecule has 1 amide bonds. The number of hydrogen-bond acceptors (Lipinski definition) is 5. The molecule has 2 fully saturated rings. The van der Waals surface area contributed by atoms with E-state index in [1.54, 1.807) is 11.7 Å². The van der Waals surface area contributed by atoms with Gasteiger partial charge in [0.25, 0.3) is 5.91 Å². The number of amides is 1. The number of hydroxylamine groups is 1. The Kier molecular flexibility index (Phi) is 3.60. The Bertz CT molecular complexity index is 580. The lowest BCUT2D eigenvalue weighted by Gasteiger charge is -2.39. The first-order chi connectivity index (χ1) is 10.7. The number of fused-ring (bicyclic) bond motifs is 3. The molecule has 2 bridgehead atoms. The zero-order valence-electron chi connectivity index (χ0n) is 12.5. The fourth-order valence-electron chi connectivity index (χ4n) is 4.06. The molecule has 6 nitrogen and oxygen atoms in total. The van der Waals surface area contributed by atoms with Gasteiger partial charge in [-0.25, -0.2) is 5.48 Å². The Morgan fingerprint density at radius 2 is 2.14 bits per heavy atom. The lowest BCUT2D eigenvalue weighted by atomic mass is 9.96. The summed E-state index contributed by atoms with van der Waals surface area (Å²) in [5.41, 5.74) is 4.25. The number of aromatic nitrogens is 1. The van der Waals surface area contributed by atoms with E-state index in [-0.39, 0.29) is 0 Å². The van der Waals surface area contributed by atoms with Crippen LogP contribution in [0, 0.1) is 0 Å². The Morgan fingerprint density at radius 1 is 1.36 bits per heavy atom. The number of nitrogens with zero attached hydrogens (tertiary/aromatic N) is 2. The van der Waals surface area contributed by atoms with Crippen molar-refractivity contribution in [1.82, 2.24) is 15.4 Å². The first-order valence-corrected chi connectivity index (χ1v) is 8.04. The summed E-state index contributed by atoms with van der Waals surface area (Å²) in [4.78, 5) is 18.4. The molecule has 2 atom stereocenters. The van der Waals surface area contributed by atoms with E-state index in [1.807, 2.05) is 6.07 Å². The number of hydrogen-bond donors (Lipinski definition) is 2. The molecule has 0 aliphatic carbocycles. The summed E-state index contributed by atoms with van der Waals surface area (Å²) in [6, 6.07) is 2.44. The molecular weight excluding hydrogens is 282 g/mol. The largest absolute Gasteiger partial charge is 0.375 e. The molecule has 3 aliphatic rings. The highest BCUT2D eigenvalue weighted by Crippen LogP contribution is 2.36. The van der Waals surface area contributed by atoms with Crippen molar-refractivity contribution in [3.63, 3.8) is 0 Å². The van der Waals surface area contributed by atoms with Crippen LogP contribution in [0.25, 0.3) is 0 Å². The SMILES string of the molecule is O=C(NO)c1cnc2c(c1)CCN(C1CC3CCC(C1)O3)C2. The third kappa shape index (κ3) is 2.51. The fourth-order valence-corrected chi connectivity index (χ4v) is 4.06. The molecule has 0 spiro atoms. The third-order valence-electron chi connectivity index (χ3n) is 5.23. The van der Waals surface area contributed by atoms with E-state index in [2.05, 4.69) is 9.88 Å². The zero-order chi connectivity index (χ0) is 15.1. The summed E-state index contributed by atoms with van der Waals surface area (Å²) in [5.74, 6) is -0.501. The van der Waals surface area contributed by atoms with Gasteiger partial charge in [0.2, 0.25) is 0 Å². The minimum absolute atomic E-state index is 0.416. The molecule has 4 rings (SSSR count). The fraction of sp³-hybridized carbons (Fsp3) is 0.625. The predicted octanol–water partition coefficient (Wildman–Crippen LogP) is 1.27.